The van der Waals surface area contributed by atoms with Crippen LogP contribution in [0.1, 0.15) is 19.2 Å². The second-order valence-corrected chi connectivity index (χ2v) is 5.65. The number of hydrogen-bond donors (Lipinski definition) is 1. The molecule has 0 fully saturated rings. The van der Waals surface area contributed by atoms with Crippen molar-refractivity contribution >= 4 is 23.1 Å². The number of aromatic nitrogens is 2. The summed E-state index contributed by atoms with van der Waals surface area (Å²) in [6.45, 7) is 2.09. The monoisotopic (exact) mass is 269 g/mol. The minimum Gasteiger partial charge on any atom is -0.338 e. The molecule has 6 heteroatoms. The van der Waals surface area contributed by atoms with Gasteiger partial charge in [-0.05, 0) is 17.9 Å². The van der Waals surface area contributed by atoms with Crippen LogP contribution in [-0.4, -0.2) is 21.9 Å². The first-order chi connectivity index (χ1) is 8.29. The van der Waals surface area contributed by atoms with Crippen LogP contribution in [0.2, 0.25) is 0 Å². The molecule has 0 aliphatic rings. The molecule has 92 valence electrons. The van der Waals surface area contributed by atoms with Gasteiger partial charge in [0, 0.05) is 11.8 Å². The van der Waals surface area contributed by atoms with Crippen LogP contribution in [0, 0.1) is 0 Å². The fourth-order valence-electron chi connectivity index (χ4n) is 1.23. The van der Waals surface area contributed by atoms with E-state index in [0.29, 0.717) is 11.7 Å². The predicted octanol–water partition coefficient (Wildman–Crippen LogP) is 2.77. The van der Waals surface area contributed by atoms with Crippen LogP contribution in [0.3, 0.4) is 0 Å². The molecule has 0 radical (unpaired) electrons. The lowest BCUT2D eigenvalue weighted by molar-refractivity contribution is 0.392. The normalized spacial score (nSPS) is 12.8. The zero-order chi connectivity index (χ0) is 12.1. The van der Waals surface area contributed by atoms with Crippen LogP contribution in [0.5, 0.6) is 0 Å². The van der Waals surface area contributed by atoms with Crippen molar-refractivity contribution < 1.29 is 4.52 Å². The van der Waals surface area contributed by atoms with Crippen molar-refractivity contribution in [3.8, 4) is 10.7 Å². The summed E-state index contributed by atoms with van der Waals surface area (Å²) in [5.41, 5.74) is 5.83. The fourth-order valence-corrected chi connectivity index (χ4v) is 2.83. The van der Waals surface area contributed by atoms with Gasteiger partial charge in [-0.1, -0.05) is 18.1 Å². The molecule has 0 saturated carbocycles. The van der Waals surface area contributed by atoms with Gasteiger partial charge in [0.05, 0.1) is 10.6 Å². The summed E-state index contributed by atoms with van der Waals surface area (Å²) in [7, 11) is 0. The summed E-state index contributed by atoms with van der Waals surface area (Å²) in [6.07, 6.45) is 0.997. The molecule has 0 saturated heterocycles. The van der Waals surface area contributed by atoms with Gasteiger partial charge in [-0.2, -0.15) is 16.7 Å². The van der Waals surface area contributed by atoms with E-state index >= 15 is 0 Å². The molecule has 2 heterocycles. The van der Waals surface area contributed by atoms with E-state index in [-0.39, 0.29) is 6.04 Å². The minimum absolute atomic E-state index is 0.250. The lowest BCUT2D eigenvalue weighted by Gasteiger charge is -2.05. The Morgan fingerprint density at radius 1 is 1.59 bits per heavy atom. The van der Waals surface area contributed by atoms with Crippen LogP contribution < -0.4 is 5.73 Å². The second kappa shape index (κ2) is 6.18. The molecule has 2 aromatic rings. The van der Waals surface area contributed by atoms with Crippen LogP contribution in [-0.2, 0) is 5.75 Å². The molecule has 0 aliphatic heterocycles. The second-order valence-electron chi connectivity index (χ2n) is 3.67. The van der Waals surface area contributed by atoms with Crippen LogP contribution in [0.15, 0.2) is 22.0 Å². The standard InChI is InChI=1S/C11H15N3OS2/c1-2-8(12)6-16-7-10-13-11(14-15-10)9-4-3-5-17-9/h3-5,8H,2,6-7,12H2,1H3. The zero-order valence-corrected chi connectivity index (χ0v) is 11.3. The van der Waals surface area contributed by atoms with Gasteiger partial charge in [0.15, 0.2) is 0 Å². The quantitative estimate of drug-likeness (QED) is 0.873. The van der Waals surface area contributed by atoms with Gasteiger partial charge in [0.25, 0.3) is 0 Å². The van der Waals surface area contributed by atoms with Crippen molar-refractivity contribution in [2.24, 2.45) is 5.73 Å². The summed E-state index contributed by atoms with van der Waals surface area (Å²) in [4.78, 5) is 5.38. The first-order valence-electron chi connectivity index (χ1n) is 5.49. The van der Waals surface area contributed by atoms with Gasteiger partial charge in [0.2, 0.25) is 11.7 Å². The zero-order valence-electron chi connectivity index (χ0n) is 9.63. The van der Waals surface area contributed by atoms with Crippen molar-refractivity contribution in [2.45, 2.75) is 25.1 Å². The average Bonchev–Trinajstić information content (AvgIpc) is 2.98. The van der Waals surface area contributed by atoms with E-state index in [1.165, 1.54) is 0 Å². The average molecular weight is 269 g/mol. The van der Waals surface area contributed by atoms with Gasteiger partial charge >= 0.3 is 0 Å². The van der Waals surface area contributed by atoms with Gasteiger partial charge in [-0.25, -0.2) is 0 Å². The first kappa shape index (κ1) is 12.6. The summed E-state index contributed by atoms with van der Waals surface area (Å²) in [6, 6.07) is 4.21. The highest BCUT2D eigenvalue weighted by atomic mass is 32.2. The largest absolute Gasteiger partial charge is 0.338 e. The molecule has 0 aromatic carbocycles. The Labute approximate surface area is 109 Å². The Morgan fingerprint density at radius 3 is 3.18 bits per heavy atom. The third kappa shape index (κ3) is 3.55. The molecule has 0 amide bonds. The topological polar surface area (TPSA) is 64.9 Å². The molecule has 0 bridgehead atoms. The van der Waals surface area contributed by atoms with Gasteiger partial charge < -0.3 is 10.3 Å². The van der Waals surface area contributed by atoms with Crippen molar-refractivity contribution in [2.75, 3.05) is 5.75 Å². The molecular formula is C11H15N3OS2. The summed E-state index contributed by atoms with van der Waals surface area (Å²) < 4.78 is 5.19. The SMILES string of the molecule is CCC(N)CSCc1nc(-c2cccs2)no1. The number of nitrogens with zero attached hydrogens (tertiary/aromatic N) is 2. The number of thioether (sulfide) groups is 1. The molecule has 2 rings (SSSR count). The van der Waals surface area contributed by atoms with E-state index in [0.717, 1.165) is 22.8 Å². The van der Waals surface area contributed by atoms with Gasteiger partial charge in [-0.15, -0.1) is 11.3 Å². The van der Waals surface area contributed by atoms with E-state index in [4.69, 9.17) is 10.3 Å². The van der Waals surface area contributed by atoms with Crippen molar-refractivity contribution in [1.82, 2.24) is 10.1 Å². The molecule has 4 nitrogen and oxygen atoms in total. The fraction of sp³-hybridized carbons (Fsp3) is 0.455. The molecule has 17 heavy (non-hydrogen) atoms. The van der Waals surface area contributed by atoms with Crippen LogP contribution >= 0.6 is 23.1 Å². The summed E-state index contributed by atoms with van der Waals surface area (Å²) in [5.74, 6) is 3.00. The third-order valence-electron chi connectivity index (χ3n) is 2.29. The Morgan fingerprint density at radius 2 is 2.47 bits per heavy atom. The molecular weight excluding hydrogens is 254 g/mol. The Hall–Kier alpha value is -0.850. The Bertz CT molecular complexity index is 441. The Kier molecular flexibility index (Phi) is 4.58. The lowest BCUT2D eigenvalue weighted by Crippen LogP contribution is -2.21. The summed E-state index contributed by atoms with van der Waals surface area (Å²) >= 11 is 3.34. The van der Waals surface area contributed by atoms with E-state index in [1.807, 2.05) is 17.5 Å². The molecule has 1 unspecified atom stereocenters. The van der Waals surface area contributed by atoms with Gasteiger partial charge in [0.1, 0.15) is 0 Å². The van der Waals surface area contributed by atoms with Crippen molar-refractivity contribution in [3.05, 3.63) is 23.4 Å². The number of rotatable bonds is 6. The molecule has 0 aliphatic carbocycles. The maximum Gasteiger partial charge on any atom is 0.236 e. The number of thiophene rings is 1. The molecule has 2 aromatic heterocycles. The van der Waals surface area contributed by atoms with Crippen molar-refractivity contribution in [1.29, 1.82) is 0 Å². The number of hydrogen-bond acceptors (Lipinski definition) is 6. The van der Waals surface area contributed by atoms with Crippen LogP contribution in [0.4, 0.5) is 0 Å². The summed E-state index contributed by atoms with van der Waals surface area (Å²) in [5, 5.41) is 5.96. The number of nitrogens with two attached hydrogens (primary N) is 1. The minimum atomic E-state index is 0.250. The molecule has 0 spiro atoms. The van der Waals surface area contributed by atoms with E-state index in [2.05, 4.69) is 17.1 Å². The van der Waals surface area contributed by atoms with E-state index < -0.39 is 0 Å². The third-order valence-corrected chi connectivity index (χ3v) is 4.27. The highest BCUT2D eigenvalue weighted by molar-refractivity contribution is 7.98. The smallest absolute Gasteiger partial charge is 0.236 e. The maximum absolute atomic E-state index is 5.83. The lowest BCUT2D eigenvalue weighted by atomic mass is 10.3. The van der Waals surface area contributed by atoms with Crippen LogP contribution in [0.25, 0.3) is 10.7 Å². The highest BCUT2D eigenvalue weighted by Crippen LogP contribution is 2.22. The molecule has 1 atom stereocenters. The van der Waals surface area contributed by atoms with Crippen molar-refractivity contribution in [3.63, 3.8) is 0 Å². The Balaban J connectivity index is 1.87. The van der Waals surface area contributed by atoms with Gasteiger partial charge in [-0.3, -0.25) is 0 Å². The molecule has 2 N–H and O–H groups in total. The van der Waals surface area contributed by atoms with E-state index in [1.54, 1.807) is 23.1 Å². The highest BCUT2D eigenvalue weighted by Gasteiger charge is 2.09. The predicted molar refractivity (Wildman–Crippen MR) is 72.0 cm³/mol. The van der Waals surface area contributed by atoms with E-state index in [9.17, 15) is 0 Å². The first-order valence-corrected chi connectivity index (χ1v) is 7.52. The maximum atomic E-state index is 5.83.